The fourth-order valence-electron chi connectivity index (χ4n) is 1.91. The average Bonchev–Trinajstić information content (AvgIpc) is 2.35. The largest absolute Gasteiger partial charge is 0.326 e. The summed E-state index contributed by atoms with van der Waals surface area (Å²) in [6, 6.07) is 6.80. The molecule has 0 spiro atoms. The van der Waals surface area contributed by atoms with E-state index in [9.17, 15) is 8.42 Å². The normalized spacial score (nSPS) is 12.6. The van der Waals surface area contributed by atoms with E-state index in [1.54, 1.807) is 22.5 Å². The Morgan fingerprint density at radius 3 is 2.32 bits per heavy atom. The van der Waals surface area contributed by atoms with Gasteiger partial charge in [-0.15, -0.1) is 0 Å². The number of sulfonamides is 1. The third-order valence-corrected chi connectivity index (χ3v) is 4.90. The van der Waals surface area contributed by atoms with Gasteiger partial charge >= 0.3 is 0 Å². The van der Waals surface area contributed by atoms with E-state index in [1.165, 1.54) is 0 Å². The molecule has 4 nitrogen and oxygen atoms in total. The first-order valence-electron chi connectivity index (χ1n) is 6.60. The zero-order valence-electron chi connectivity index (χ0n) is 12.1. The van der Waals surface area contributed by atoms with E-state index in [0.717, 1.165) is 5.56 Å². The average molecular weight is 284 g/mol. The maximum absolute atomic E-state index is 12.7. The number of nitrogens with two attached hydrogens (primary N) is 1. The van der Waals surface area contributed by atoms with Crippen molar-refractivity contribution in [1.82, 2.24) is 4.31 Å². The summed E-state index contributed by atoms with van der Waals surface area (Å²) in [6.07, 6.45) is 0. The standard InChI is InChI=1S/C14H24N2O2S/c1-11(2)10-16(12(3)4)19(17,18)14-7-5-6-13(8-14)9-15/h5-8,11-12H,9-10,15H2,1-4H3. The second kappa shape index (κ2) is 6.50. The summed E-state index contributed by atoms with van der Waals surface area (Å²) < 4.78 is 26.9. The van der Waals surface area contributed by atoms with Crippen LogP contribution in [0.25, 0.3) is 0 Å². The number of hydrogen-bond donors (Lipinski definition) is 1. The van der Waals surface area contributed by atoms with Crippen LogP contribution >= 0.6 is 0 Å². The summed E-state index contributed by atoms with van der Waals surface area (Å²) in [5, 5.41) is 0. The van der Waals surface area contributed by atoms with Crippen LogP contribution < -0.4 is 5.73 Å². The van der Waals surface area contributed by atoms with Gasteiger partial charge in [0.15, 0.2) is 0 Å². The van der Waals surface area contributed by atoms with Crippen molar-refractivity contribution < 1.29 is 8.42 Å². The highest BCUT2D eigenvalue weighted by molar-refractivity contribution is 7.89. The minimum absolute atomic E-state index is 0.0612. The summed E-state index contributed by atoms with van der Waals surface area (Å²) in [6.45, 7) is 8.68. The molecule has 0 bridgehead atoms. The molecule has 0 heterocycles. The predicted octanol–water partition coefficient (Wildman–Crippen LogP) is 2.20. The summed E-state index contributed by atoms with van der Waals surface area (Å²) >= 11 is 0. The first-order valence-corrected chi connectivity index (χ1v) is 8.04. The topological polar surface area (TPSA) is 63.4 Å². The van der Waals surface area contributed by atoms with Gasteiger partial charge in [-0.2, -0.15) is 4.31 Å². The van der Waals surface area contributed by atoms with Crippen molar-refractivity contribution in [2.45, 2.75) is 45.2 Å². The van der Waals surface area contributed by atoms with Crippen molar-refractivity contribution in [2.24, 2.45) is 11.7 Å². The Kier molecular flexibility index (Phi) is 5.52. The van der Waals surface area contributed by atoms with Crippen LogP contribution in [0.5, 0.6) is 0 Å². The maximum atomic E-state index is 12.7. The highest BCUT2D eigenvalue weighted by Crippen LogP contribution is 2.20. The summed E-state index contributed by atoms with van der Waals surface area (Å²) in [5.41, 5.74) is 6.40. The molecule has 0 atom stereocenters. The Bertz CT molecular complexity index is 510. The molecule has 5 heteroatoms. The Morgan fingerprint density at radius 1 is 1.21 bits per heavy atom. The van der Waals surface area contributed by atoms with Crippen LogP contribution in [0.3, 0.4) is 0 Å². The highest BCUT2D eigenvalue weighted by atomic mass is 32.2. The molecular weight excluding hydrogens is 260 g/mol. The monoisotopic (exact) mass is 284 g/mol. The molecule has 0 aliphatic heterocycles. The predicted molar refractivity (Wildman–Crippen MR) is 78.2 cm³/mol. The smallest absolute Gasteiger partial charge is 0.243 e. The van der Waals surface area contributed by atoms with Gasteiger partial charge in [0.1, 0.15) is 0 Å². The number of rotatable bonds is 6. The molecule has 0 aliphatic rings. The van der Waals surface area contributed by atoms with Crippen molar-refractivity contribution in [1.29, 1.82) is 0 Å². The Morgan fingerprint density at radius 2 is 1.84 bits per heavy atom. The van der Waals surface area contributed by atoms with Gasteiger partial charge in [-0.05, 0) is 37.5 Å². The van der Waals surface area contributed by atoms with Gasteiger partial charge in [-0.1, -0.05) is 26.0 Å². The molecule has 1 rings (SSSR count). The molecule has 0 saturated heterocycles. The fourth-order valence-corrected chi connectivity index (χ4v) is 3.79. The van der Waals surface area contributed by atoms with E-state index in [4.69, 9.17) is 5.73 Å². The SMILES string of the molecule is CC(C)CN(C(C)C)S(=O)(=O)c1cccc(CN)c1. The zero-order valence-corrected chi connectivity index (χ0v) is 12.9. The lowest BCUT2D eigenvalue weighted by Gasteiger charge is -2.27. The molecule has 0 radical (unpaired) electrons. The van der Waals surface area contributed by atoms with Gasteiger partial charge < -0.3 is 5.73 Å². The van der Waals surface area contributed by atoms with Gasteiger partial charge in [-0.25, -0.2) is 8.42 Å². The molecule has 0 aliphatic carbocycles. The van der Waals surface area contributed by atoms with Crippen molar-refractivity contribution in [2.75, 3.05) is 6.54 Å². The minimum atomic E-state index is -3.45. The van der Waals surface area contributed by atoms with Crippen LogP contribution in [-0.2, 0) is 16.6 Å². The molecular formula is C14H24N2O2S. The van der Waals surface area contributed by atoms with E-state index < -0.39 is 10.0 Å². The molecule has 2 N–H and O–H groups in total. The summed E-state index contributed by atoms with van der Waals surface area (Å²) in [4.78, 5) is 0.324. The third kappa shape index (κ3) is 4.03. The van der Waals surface area contributed by atoms with Crippen molar-refractivity contribution in [3.63, 3.8) is 0 Å². The van der Waals surface area contributed by atoms with E-state index in [0.29, 0.717) is 18.0 Å². The summed E-state index contributed by atoms with van der Waals surface area (Å²) in [7, 11) is -3.45. The maximum Gasteiger partial charge on any atom is 0.243 e. The molecule has 0 unspecified atom stereocenters. The molecule has 19 heavy (non-hydrogen) atoms. The Labute approximate surface area is 116 Å². The molecule has 0 aromatic heterocycles. The lowest BCUT2D eigenvalue weighted by Crippen LogP contribution is -2.39. The zero-order chi connectivity index (χ0) is 14.6. The van der Waals surface area contributed by atoms with E-state index in [2.05, 4.69) is 0 Å². The van der Waals surface area contributed by atoms with Crippen LogP contribution in [0.4, 0.5) is 0 Å². The highest BCUT2D eigenvalue weighted by Gasteiger charge is 2.27. The Hall–Kier alpha value is -0.910. The Balaban J connectivity index is 3.18. The van der Waals surface area contributed by atoms with Crippen molar-refractivity contribution in [3.05, 3.63) is 29.8 Å². The molecule has 1 aromatic carbocycles. The number of nitrogens with zero attached hydrogens (tertiary/aromatic N) is 1. The first-order chi connectivity index (χ1) is 8.78. The molecule has 108 valence electrons. The number of benzene rings is 1. The lowest BCUT2D eigenvalue weighted by molar-refractivity contribution is 0.319. The van der Waals surface area contributed by atoms with Crippen LogP contribution in [0.2, 0.25) is 0 Å². The van der Waals surface area contributed by atoms with Crippen molar-refractivity contribution in [3.8, 4) is 0 Å². The van der Waals surface area contributed by atoms with E-state index in [-0.39, 0.29) is 12.0 Å². The van der Waals surface area contributed by atoms with Gasteiger partial charge in [0.2, 0.25) is 10.0 Å². The van der Waals surface area contributed by atoms with Crippen LogP contribution in [0.15, 0.2) is 29.2 Å². The quantitative estimate of drug-likeness (QED) is 0.871. The van der Waals surface area contributed by atoms with Gasteiger partial charge in [0, 0.05) is 19.1 Å². The second-order valence-corrected chi connectivity index (χ2v) is 7.30. The van der Waals surface area contributed by atoms with Gasteiger partial charge in [0.25, 0.3) is 0 Å². The second-order valence-electron chi connectivity index (χ2n) is 5.41. The number of hydrogen-bond acceptors (Lipinski definition) is 3. The molecule has 0 fully saturated rings. The fraction of sp³-hybridized carbons (Fsp3) is 0.571. The molecule has 0 saturated carbocycles. The lowest BCUT2D eigenvalue weighted by atomic mass is 10.2. The van der Waals surface area contributed by atoms with Gasteiger partial charge in [0.05, 0.1) is 4.90 Å². The molecule has 0 amide bonds. The van der Waals surface area contributed by atoms with Crippen molar-refractivity contribution >= 4 is 10.0 Å². The van der Waals surface area contributed by atoms with Gasteiger partial charge in [-0.3, -0.25) is 0 Å². The summed E-state index contributed by atoms with van der Waals surface area (Å²) in [5.74, 6) is 0.287. The first kappa shape index (κ1) is 16.1. The van der Waals surface area contributed by atoms with Crippen LogP contribution in [0.1, 0.15) is 33.3 Å². The van der Waals surface area contributed by atoms with E-state index in [1.807, 2.05) is 33.8 Å². The van der Waals surface area contributed by atoms with Crippen LogP contribution in [0, 0.1) is 5.92 Å². The minimum Gasteiger partial charge on any atom is -0.326 e. The van der Waals surface area contributed by atoms with E-state index >= 15 is 0 Å². The third-order valence-electron chi connectivity index (χ3n) is 2.86. The van der Waals surface area contributed by atoms with Crippen LogP contribution in [-0.4, -0.2) is 25.3 Å². The molecule has 1 aromatic rings.